The van der Waals surface area contributed by atoms with Crippen molar-refractivity contribution in [2.45, 2.75) is 44.8 Å². The molecular formula is C29H31N5O2S. The Balaban J connectivity index is 1.01. The van der Waals surface area contributed by atoms with Crippen LogP contribution in [0.1, 0.15) is 35.2 Å². The van der Waals surface area contributed by atoms with Crippen LogP contribution in [0, 0.1) is 0 Å². The Hall–Kier alpha value is -3.36. The van der Waals surface area contributed by atoms with Crippen molar-refractivity contribution < 1.29 is 9.53 Å². The number of likely N-dealkylation sites (tertiary alicyclic amines) is 1. The highest BCUT2D eigenvalue weighted by Gasteiger charge is 2.29. The maximum absolute atomic E-state index is 13.3. The van der Waals surface area contributed by atoms with Crippen LogP contribution in [0.15, 0.2) is 47.8 Å². The molecule has 2 amide bonds. The summed E-state index contributed by atoms with van der Waals surface area (Å²) < 4.78 is 7.01. The standard InChI is InChI=1S/C29H31N5O2S/c35-29(30-22-4-3-11-33(16-22)15-21-18-37-27-6-2-1-5-23(21)27)34-12-9-25-24(17-34)28(32-31-25)20-7-8-26-19(14-20)10-13-36-26/h1-2,5-8,14,18,22H,3-4,9-13,15-17H2,(H,30,35)(H,31,32). The molecule has 4 aromatic rings. The van der Waals surface area contributed by atoms with E-state index in [1.165, 1.54) is 21.2 Å². The van der Waals surface area contributed by atoms with E-state index >= 15 is 0 Å². The molecule has 1 saturated heterocycles. The lowest BCUT2D eigenvalue weighted by Crippen LogP contribution is -2.52. The smallest absolute Gasteiger partial charge is 0.317 e. The van der Waals surface area contributed by atoms with Gasteiger partial charge in [-0.05, 0) is 65.5 Å². The predicted molar refractivity (Wildman–Crippen MR) is 146 cm³/mol. The van der Waals surface area contributed by atoms with Gasteiger partial charge in [-0.3, -0.25) is 10.00 Å². The van der Waals surface area contributed by atoms with Crippen LogP contribution in [-0.4, -0.2) is 58.3 Å². The van der Waals surface area contributed by atoms with Crippen LogP contribution in [0.2, 0.25) is 0 Å². The summed E-state index contributed by atoms with van der Waals surface area (Å²) in [6, 6.07) is 15.1. The lowest BCUT2D eigenvalue weighted by Gasteiger charge is -2.35. The van der Waals surface area contributed by atoms with Crippen molar-refractivity contribution in [1.29, 1.82) is 0 Å². The van der Waals surface area contributed by atoms with Crippen LogP contribution in [0.3, 0.4) is 0 Å². The Labute approximate surface area is 220 Å². The second-order valence-electron chi connectivity index (χ2n) is 10.4. The summed E-state index contributed by atoms with van der Waals surface area (Å²) >= 11 is 1.82. The van der Waals surface area contributed by atoms with Crippen molar-refractivity contribution >= 4 is 27.5 Å². The zero-order chi connectivity index (χ0) is 24.8. The van der Waals surface area contributed by atoms with Gasteiger partial charge in [0.15, 0.2) is 0 Å². The molecular weight excluding hydrogens is 482 g/mol. The fraction of sp³-hybridized carbons (Fsp3) is 0.379. The van der Waals surface area contributed by atoms with Gasteiger partial charge in [0.2, 0.25) is 0 Å². The largest absolute Gasteiger partial charge is 0.493 e. The molecule has 190 valence electrons. The zero-order valence-corrected chi connectivity index (χ0v) is 21.7. The number of aromatic amines is 1. The van der Waals surface area contributed by atoms with Crippen molar-refractivity contribution in [3.8, 4) is 17.0 Å². The van der Waals surface area contributed by atoms with E-state index in [-0.39, 0.29) is 12.1 Å². The molecule has 5 heterocycles. The van der Waals surface area contributed by atoms with E-state index in [4.69, 9.17) is 4.74 Å². The minimum absolute atomic E-state index is 0.0352. The Morgan fingerprint density at radius 2 is 2.14 bits per heavy atom. The van der Waals surface area contributed by atoms with Gasteiger partial charge in [0.05, 0.1) is 18.8 Å². The summed E-state index contributed by atoms with van der Waals surface area (Å²) in [6.07, 6.45) is 3.86. The average molecular weight is 514 g/mol. The van der Waals surface area contributed by atoms with Crippen molar-refractivity contribution in [2.75, 3.05) is 26.2 Å². The van der Waals surface area contributed by atoms with Crippen molar-refractivity contribution in [1.82, 2.24) is 25.3 Å². The molecule has 3 aliphatic heterocycles. The average Bonchev–Trinajstić information content (AvgIpc) is 3.67. The normalized spacial score (nSPS) is 19.5. The minimum Gasteiger partial charge on any atom is -0.493 e. The molecule has 2 aromatic heterocycles. The van der Waals surface area contributed by atoms with E-state index in [1.54, 1.807) is 0 Å². The number of hydrogen-bond acceptors (Lipinski definition) is 5. The molecule has 8 heteroatoms. The Bertz CT molecular complexity index is 1460. The van der Waals surface area contributed by atoms with Gasteiger partial charge in [-0.25, -0.2) is 4.79 Å². The number of benzene rings is 2. The van der Waals surface area contributed by atoms with Crippen molar-refractivity contribution in [3.63, 3.8) is 0 Å². The van der Waals surface area contributed by atoms with Crippen LogP contribution in [0.4, 0.5) is 4.79 Å². The molecule has 7 rings (SSSR count). The third-order valence-electron chi connectivity index (χ3n) is 7.97. The van der Waals surface area contributed by atoms with Gasteiger partial charge in [-0.1, -0.05) is 18.2 Å². The highest BCUT2D eigenvalue weighted by Crippen LogP contribution is 2.34. The van der Waals surface area contributed by atoms with Crippen LogP contribution >= 0.6 is 11.3 Å². The van der Waals surface area contributed by atoms with Gasteiger partial charge in [0.25, 0.3) is 0 Å². The first-order valence-corrected chi connectivity index (χ1v) is 14.1. The first-order chi connectivity index (χ1) is 18.2. The maximum atomic E-state index is 13.3. The summed E-state index contributed by atoms with van der Waals surface area (Å²) in [5.74, 6) is 0.975. The number of carbonyl (C=O) groups is 1. The third kappa shape index (κ3) is 4.38. The van der Waals surface area contributed by atoms with Crippen molar-refractivity contribution in [2.24, 2.45) is 0 Å². The van der Waals surface area contributed by atoms with Crippen LogP contribution in [0.25, 0.3) is 21.3 Å². The highest BCUT2D eigenvalue weighted by atomic mass is 32.1. The number of thiophene rings is 1. The van der Waals surface area contributed by atoms with E-state index in [0.717, 1.165) is 80.2 Å². The van der Waals surface area contributed by atoms with E-state index in [2.05, 4.69) is 62.2 Å². The summed E-state index contributed by atoms with van der Waals surface area (Å²) in [7, 11) is 0. The molecule has 3 aliphatic rings. The summed E-state index contributed by atoms with van der Waals surface area (Å²) in [5, 5.41) is 14.9. The van der Waals surface area contributed by atoms with Gasteiger partial charge >= 0.3 is 6.03 Å². The molecule has 0 radical (unpaired) electrons. The quantitative estimate of drug-likeness (QED) is 0.405. The first-order valence-electron chi connectivity index (χ1n) is 13.3. The zero-order valence-electron chi connectivity index (χ0n) is 20.8. The van der Waals surface area contributed by atoms with Crippen molar-refractivity contribution in [3.05, 3.63) is 70.2 Å². The summed E-state index contributed by atoms with van der Waals surface area (Å²) in [4.78, 5) is 17.8. The SMILES string of the molecule is O=C(NC1CCCN(Cc2csc3ccccc23)C1)N1CCc2[nH]nc(-c3ccc4c(c3)CCO4)c2C1. The van der Waals surface area contributed by atoms with Gasteiger partial charge in [-0.2, -0.15) is 5.10 Å². The van der Waals surface area contributed by atoms with E-state index in [9.17, 15) is 4.79 Å². The van der Waals surface area contributed by atoms with Crippen LogP contribution < -0.4 is 10.1 Å². The molecule has 7 nitrogen and oxygen atoms in total. The number of hydrogen-bond donors (Lipinski definition) is 2. The first kappa shape index (κ1) is 22.8. The van der Waals surface area contributed by atoms with E-state index in [0.29, 0.717) is 13.1 Å². The second kappa shape index (κ2) is 9.50. The summed E-state index contributed by atoms with van der Waals surface area (Å²) in [5.41, 5.74) is 6.94. The van der Waals surface area contributed by atoms with Gasteiger partial charge in [0, 0.05) is 60.0 Å². The molecule has 0 aliphatic carbocycles. The Kier molecular flexibility index (Phi) is 5.86. The predicted octanol–water partition coefficient (Wildman–Crippen LogP) is 4.96. The number of carbonyl (C=O) groups excluding carboxylic acids is 1. The molecule has 0 bridgehead atoms. The molecule has 0 spiro atoms. The fourth-order valence-electron chi connectivity index (χ4n) is 6.02. The van der Waals surface area contributed by atoms with Crippen LogP contribution in [0.5, 0.6) is 5.75 Å². The maximum Gasteiger partial charge on any atom is 0.317 e. The number of nitrogens with zero attached hydrogens (tertiary/aromatic N) is 3. The third-order valence-corrected chi connectivity index (χ3v) is 8.98. The number of ether oxygens (including phenoxy) is 1. The van der Waals surface area contributed by atoms with Crippen LogP contribution in [-0.2, 0) is 25.9 Å². The van der Waals surface area contributed by atoms with Gasteiger partial charge in [0.1, 0.15) is 5.75 Å². The number of H-pyrrole nitrogens is 1. The number of aromatic nitrogens is 2. The molecule has 37 heavy (non-hydrogen) atoms. The van der Waals surface area contributed by atoms with E-state index < -0.39 is 0 Å². The van der Waals surface area contributed by atoms with E-state index in [1.807, 2.05) is 22.3 Å². The molecule has 1 fully saturated rings. The number of fused-ring (bicyclic) bond motifs is 3. The highest BCUT2D eigenvalue weighted by molar-refractivity contribution is 7.17. The van der Waals surface area contributed by atoms with Gasteiger partial charge < -0.3 is 15.0 Å². The number of nitrogens with one attached hydrogen (secondary N) is 2. The molecule has 2 aromatic carbocycles. The number of urea groups is 1. The molecule has 1 atom stereocenters. The molecule has 1 unspecified atom stereocenters. The lowest BCUT2D eigenvalue weighted by molar-refractivity contribution is 0.160. The second-order valence-corrected chi connectivity index (χ2v) is 11.3. The molecule has 0 saturated carbocycles. The lowest BCUT2D eigenvalue weighted by atomic mass is 9.99. The molecule has 2 N–H and O–H groups in total. The topological polar surface area (TPSA) is 73.5 Å². The Morgan fingerprint density at radius 3 is 3.11 bits per heavy atom. The minimum atomic E-state index is 0.0352. The fourth-order valence-corrected chi connectivity index (χ4v) is 6.97. The van der Waals surface area contributed by atoms with Gasteiger partial charge in [-0.15, -0.1) is 11.3 Å². The monoisotopic (exact) mass is 513 g/mol. The number of amides is 2. The summed E-state index contributed by atoms with van der Waals surface area (Å²) in [6.45, 7) is 4.94. The Morgan fingerprint density at radius 1 is 1.19 bits per heavy atom. The number of rotatable bonds is 4. The number of piperidine rings is 1.